The first kappa shape index (κ1) is 41.1. The zero-order valence-corrected chi connectivity index (χ0v) is 31.9. The van der Waals surface area contributed by atoms with Gasteiger partial charge in [0.2, 0.25) is 0 Å². The largest absolute Gasteiger partial charge is 0.445 e. The summed E-state index contributed by atoms with van der Waals surface area (Å²) in [6, 6.07) is 15.1. The minimum atomic E-state index is -1.48. The fourth-order valence-corrected chi connectivity index (χ4v) is 8.06. The quantitative estimate of drug-likeness (QED) is 0.185. The Morgan fingerprint density at radius 2 is 1.39 bits per heavy atom. The molecule has 7 N–H and O–H groups in total. The molecule has 16 atom stereocenters. The molecular formula is C39H52N4O14. The molecule has 1 saturated carbocycles. The van der Waals surface area contributed by atoms with E-state index in [4.69, 9.17) is 43.6 Å². The number of aliphatic hydroxyl groups is 3. The summed E-state index contributed by atoms with van der Waals surface area (Å²) in [4.78, 5) is 40.2. The Hall–Kier alpha value is -4.11. The third-order valence-corrected chi connectivity index (χ3v) is 11.4. The zero-order valence-electron chi connectivity index (χ0n) is 31.9. The highest BCUT2D eigenvalue weighted by atomic mass is 16.8. The van der Waals surface area contributed by atoms with Crippen molar-refractivity contribution in [3.8, 4) is 0 Å². The molecule has 5 fully saturated rings. The average molecular weight is 801 g/mol. The number of carbonyl (C=O) groups excluding carboxylic acids is 3. The lowest BCUT2D eigenvalue weighted by atomic mass is 9.85. The maximum Gasteiger partial charge on any atom is 0.410 e. The number of nitrogens with two attached hydrogens (primary N) is 1. The molecule has 0 radical (unpaired) electrons. The van der Waals surface area contributed by atoms with E-state index >= 15 is 0 Å². The molecule has 0 spiro atoms. The number of alkyl carbamates (subject to hydrolysis) is 2. The SMILES string of the molecule is CC1C[C@@H]2OC(O[C@H]3OC(C)[C@@H](N)[C@H](O)C3O)C3C(OC(=O)N3C)C2O[C@@H]1O[C@H]1CC(O)[C@H](NC(=O)OCc2ccccc2)CC1NC(=O)OCc1ccccc1. The molecule has 4 saturated heterocycles. The number of hydrogen-bond acceptors (Lipinski definition) is 15. The minimum Gasteiger partial charge on any atom is -0.445 e. The maximum absolute atomic E-state index is 13.2. The Labute approximate surface area is 329 Å². The van der Waals surface area contributed by atoms with Crippen molar-refractivity contribution in [2.75, 3.05) is 7.05 Å². The topological polar surface area (TPSA) is 239 Å². The average Bonchev–Trinajstić information content (AvgIpc) is 3.50. The van der Waals surface area contributed by atoms with Crippen LogP contribution in [0.5, 0.6) is 0 Å². The van der Waals surface area contributed by atoms with E-state index in [2.05, 4.69) is 10.6 Å². The van der Waals surface area contributed by atoms with Crippen molar-refractivity contribution < 1.29 is 67.6 Å². The van der Waals surface area contributed by atoms with Crippen molar-refractivity contribution in [1.29, 1.82) is 0 Å². The Morgan fingerprint density at radius 3 is 2.02 bits per heavy atom. The third kappa shape index (κ3) is 9.29. The van der Waals surface area contributed by atoms with Crippen LogP contribution in [0.2, 0.25) is 0 Å². The highest BCUT2D eigenvalue weighted by Crippen LogP contribution is 2.42. The number of carbonyl (C=O) groups is 3. The standard InChI is InChI=1S/C39H52N4O14/c1-19-14-27-32(33-29(43(3)39(49)56-33)35(54-27)57-36-31(46)30(45)28(40)20(2)52-36)55-34(19)53-26-16-25(44)23(41-37(47)50-17-21-10-6-4-7-11-21)15-24(26)42-38(48)51-18-22-12-8-5-9-13-22/h4-13,19-20,23-36,44-46H,14-18,40H2,1-3H3,(H,41,47)(H,42,48)/t19?,20?,23-,24?,25?,26+,27+,28-,29?,30+,31?,32?,33?,34+,35?,36-/m1/s1. The second-order valence-electron chi connectivity index (χ2n) is 15.4. The number of rotatable bonds is 10. The van der Waals surface area contributed by atoms with Gasteiger partial charge in [0.15, 0.2) is 25.0 Å². The van der Waals surface area contributed by atoms with E-state index in [-0.39, 0.29) is 32.0 Å². The highest BCUT2D eigenvalue weighted by Gasteiger charge is 2.60. The van der Waals surface area contributed by atoms with Crippen LogP contribution in [0, 0.1) is 5.92 Å². The Kier molecular flexibility index (Phi) is 12.8. The second kappa shape index (κ2) is 17.8. The molecule has 1 aliphatic carbocycles. The van der Waals surface area contributed by atoms with Gasteiger partial charge in [-0.1, -0.05) is 67.6 Å². The molecule has 0 bridgehead atoms. The number of hydrogen-bond donors (Lipinski definition) is 6. The van der Waals surface area contributed by atoms with Gasteiger partial charge in [-0.05, 0) is 30.9 Å². The lowest BCUT2D eigenvalue weighted by Crippen LogP contribution is -2.67. The highest BCUT2D eigenvalue weighted by molar-refractivity contribution is 5.71. The van der Waals surface area contributed by atoms with Gasteiger partial charge < -0.3 is 69.6 Å². The first-order chi connectivity index (χ1) is 27.4. The van der Waals surface area contributed by atoms with Gasteiger partial charge in [-0.2, -0.15) is 0 Å². The lowest BCUT2D eigenvalue weighted by Gasteiger charge is -2.50. The summed E-state index contributed by atoms with van der Waals surface area (Å²) in [6.45, 7) is 3.59. The Morgan fingerprint density at radius 1 is 0.772 bits per heavy atom. The second-order valence-corrected chi connectivity index (χ2v) is 15.4. The van der Waals surface area contributed by atoms with E-state index in [9.17, 15) is 29.7 Å². The maximum atomic E-state index is 13.2. The minimum absolute atomic E-state index is 0.00176. The van der Waals surface area contributed by atoms with Crippen LogP contribution in [0.1, 0.15) is 44.2 Å². The van der Waals surface area contributed by atoms with E-state index in [0.29, 0.717) is 6.42 Å². The molecule has 57 heavy (non-hydrogen) atoms. The first-order valence-electron chi connectivity index (χ1n) is 19.3. The summed E-state index contributed by atoms with van der Waals surface area (Å²) in [5.74, 6) is -0.318. The Balaban J connectivity index is 1.03. The van der Waals surface area contributed by atoms with Crippen LogP contribution in [-0.2, 0) is 51.1 Å². The van der Waals surface area contributed by atoms with E-state index in [1.165, 1.54) is 11.9 Å². The van der Waals surface area contributed by atoms with Gasteiger partial charge >= 0.3 is 18.3 Å². The van der Waals surface area contributed by atoms with Gasteiger partial charge in [0, 0.05) is 19.4 Å². The van der Waals surface area contributed by atoms with Gasteiger partial charge in [0.1, 0.15) is 37.6 Å². The van der Waals surface area contributed by atoms with Crippen LogP contribution in [0.25, 0.3) is 0 Å². The van der Waals surface area contributed by atoms with E-state index in [0.717, 1.165) is 11.1 Å². The molecule has 9 unspecified atom stereocenters. The van der Waals surface area contributed by atoms with E-state index < -0.39 is 110 Å². The summed E-state index contributed by atoms with van der Waals surface area (Å²) in [6.07, 6.45) is -12.6. The summed E-state index contributed by atoms with van der Waals surface area (Å²) < 4.78 is 48.0. The summed E-state index contributed by atoms with van der Waals surface area (Å²) >= 11 is 0. The zero-order chi connectivity index (χ0) is 40.4. The van der Waals surface area contributed by atoms with Crippen LogP contribution < -0.4 is 16.4 Å². The molecule has 2 aromatic carbocycles. The van der Waals surface area contributed by atoms with Crippen molar-refractivity contribution in [3.63, 3.8) is 0 Å². The van der Waals surface area contributed by atoms with E-state index in [1.807, 2.05) is 67.6 Å². The van der Waals surface area contributed by atoms with Gasteiger partial charge in [0.25, 0.3) is 0 Å². The van der Waals surface area contributed by atoms with E-state index in [1.54, 1.807) is 6.92 Å². The number of benzene rings is 2. The first-order valence-corrected chi connectivity index (χ1v) is 19.3. The van der Waals surface area contributed by atoms with Crippen LogP contribution >= 0.6 is 0 Å². The molecule has 0 aromatic heterocycles. The molecule has 4 heterocycles. The van der Waals surface area contributed by atoms with Crippen molar-refractivity contribution in [1.82, 2.24) is 15.5 Å². The lowest BCUT2D eigenvalue weighted by molar-refractivity contribution is -0.372. The molecule has 18 nitrogen and oxygen atoms in total. The van der Waals surface area contributed by atoms with Crippen molar-refractivity contribution >= 4 is 18.3 Å². The predicted octanol–water partition coefficient (Wildman–Crippen LogP) is 1.22. The molecule has 2 aromatic rings. The predicted molar refractivity (Wildman–Crippen MR) is 196 cm³/mol. The summed E-state index contributed by atoms with van der Waals surface area (Å²) in [5.41, 5.74) is 7.54. The number of ether oxygens (including phenoxy) is 8. The number of nitrogens with zero attached hydrogens (tertiary/aromatic N) is 1. The molecule has 5 aliphatic rings. The molecule has 18 heteroatoms. The number of amides is 3. The van der Waals surface area contributed by atoms with Crippen molar-refractivity contribution in [3.05, 3.63) is 71.8 Å². The van der Waals surface area contributed by atoms with Crippen LogP contribution in [0.15, 0.2) is 60.7 Å². The van der Waals surface area contributed by atoms with Crippen molar-refractivity contribution in [2.45, 2.75) is 138 Å². The van der Waals surface area contributed by atoms with Gasteiger partial charge in [0.05, 0.1) is 42.5 Å². The smallest absolute Gasteiger partial charge is 0.410 e. The molecule has 4 aliphatic heterocycles. The molecule has 3 amide bonds. The summed E-state index contributed by atoms with van der Waals surface area (Å²) in [5, 5.41) is 38.1. The van der Waals surface area contributed by atoms with Gasteiger partial charge in [-0.15, -0.1) is 0 Å². The Bertz CT molecular complexity index is 1680. The molecule has 7 rings (SSSR count). The number of nitrogens with one attached hydrogen (secondary N) is 2. The normalized spacial score (nSPS) is 38.9. The summed E-state index contributed by atoms with van der Waals surface area (Å²) in [7, 11) is 1.52. The van der Waals surface area contributed by atoms with Gasteiger partial charge in [-0.3, -0.25) is 4.90 Å². The van der Waals surface area contributed by atoms with Crippen molar-refractivity contribution in [2.24, 2.45) is 11.7 Å². The third-order valence-electron chi connectivity index (χ3n) is 11.4. The number of likely N-dealkylation sites (N-methyl/N-ethyl adjacent to an activating group) is 1. The van der Waals surface area contributed by atoms with Gasteiger partial charge in [-0.25, -0.2) is 14.4 Å². The van der Waals surface area contributed by atoms with Crippen LogP contribution in [0.4, 0.5) is 14.4 Å². The number of aliphatic hydroxyl groups excluding tert-OH is 3. The molecule has 312 valence electrons. The fraction of sp³-hybridized carbons (Fsp3) is 0.615. The van der Waals surface area contributed by atoms with Crippen LogP contribution in [-0.4, -0.2) is 137 Å². The van der Waals surface area contributed by atoms with Crippen LogP contribution in [0.3, 0.4) is 0 Å². The molecular weight excluding hydrogens is 748 g/mol. The fourth-order valence-electron chi connectivity index (χ4n) is 8.06. The number of fused-ring (bicyclic) bond motifs is 3. The monoisotopic (exact) mass is 800 g/mol.